The van der Waals surface area contributed by atoms with Gasteiger partial charge in [-0.1, -0.05) is 6.07 Å². The van der Waals surface area contributed by atoms with Crippen LogP contribution in [0.3, 0.4) is 0 Å². The number of nitrogens with one attached hydrogen (secondary N) is 4. The summed E-state index contributed by atoms with van der Waals surface area (Å²) in [5.74, 6) is 1.17. The lowest BCUT2D eigenvalue weighted by molar-refractivity contribution is 0.427. The van der Waals surface area contributed by atoms with Crippen LogP contribution in [0.1, 0.15) is 25.3 Å². The summed E-state index contributed by atoms with van der Waals surface area (Å²) in [7, 11) is -3.56. The Morgan fingerprint density at radius 2 is 2.04 bits per heavy atom. The number of nitrogens with zero attached hydrogens (tertiary/aromatic N) is 2. The van der Waals surface area contributed by atoms with Crippen molar-refractivity contribution in [3.05, 3.63) is 36.0 Å². The van der Waals surface area contributed by atoms with Crippen LogP contribution in [0.4, 0.5) is 17.5 Å². The fourth-order valence-corrected chi connectivity index (χ4v) is 4.27. The zero-order valence-electron chi connectivity index (χ0n) is 15.6. The van der Waals surface area contributed by atoms with Crippen molar-refractivity contribution in [2.75, 3.05) is 30.3 Å². The number of anilines is 3. The third-order valence-corrected chi connectivity index (χ3v) is 5.89. The van der Waals surface area contributed by atoms with Crippen LogP contribution < -0.4 is 20.7 Å². The van der Waals surface area contributed by atoms with Gasteiger partial charge in [0, 0.05) is 30.0 Å². The first-order chi connectivity index (χ1) is 13.0. The van der Waals surface area contributed by atoms with Crippen molar-refractivity contribution in [3.63, 3.8) is 0 Å². The standard InChI is InChI=1S/C18H26N6O2S/c1-3-20-18-21-12-13(2)17(23-18)22-15-5-4-6-16(11-15)27(25,26)24-14-7-9-19-10-8-14/h4-6,11-12,14,19,24H,3,7-10H2,1-2H3,(H2,20,21,22,23). The van der Waals surface area contributed by atoms with Crippen LogP contribution >= 0.6 is 0 Å². The second-order valence-electron chi connectivity index (χ2n) is 6.55. The predicted molar refractivity (Wildman–Crippen MR) is 107 cm³/mol. The van der Waals surface area contributed by atoms with Crippen LogP contribution in [0, 0.1) is 6.92 Å². The van der Waals surface area contributed by atoms with Crippen LogP contribution in [0.25, 0.3) is 0 Å². The number of sulfonamides is 1. The molecular formula is C18H26N6O2S. The van der Waals surface area contributed by atoms with Crippen molar-refractivity contribution < 1.29 is 8.42 Å². The first-order valence-electron chi connectivity index (χ1n) is 9.15. The number of rotatable bonds is 7. The Kier molecular flexibility index (Phi) is 6.25. The summed E-state index contributed by atoms with van der Waals surface area (Å²) in [5, 5.41) is 9.50. The molecule has 0 aliphatic carbocycles. The zero-order valence-corrected chi connectivity index (χ0v) is 16.4. The van der Waals surface area contributed by atoms with Crippen LogP contribution in [0.5, 0.6) is 0 Å². The highest BCUT2D eigenvalue weighted by molar-refractivity contribution is 7.89. The SMILES string of the molecule is CCNc1ncc(C)c(Nc2cccc(S(=O)(=O)NC3CCNCC3)c2)n1. The Labute approximate surface area is 160 Å². The van der Waals surface area contributed by atoms with Gasteiger partial charge in [0.2, 0.25) is 16.0 Å². The molecule has 1 fully saturated rings. The van der Waals surface area contributed by atoms with Crippen LogP contribution in [-0.2, 0) is 10.0 Å². The van der Waals surface area contributed by atoms with Gasteiger partial charge in [0.15, 0.2) is 0 Å². The lowest BCUT2D eigenvalue weighted by Gasteiger charge is -2.23. The second-order valence-corrected chi connectivity index (χ2v) is 8.27. The van der Waals surface area contributed by atoms with Crippen LogP contribution in [0.15, 0.2) is 35.4 Å². The van der Waals surface area contributed by atoms with Crippen molar-refractivity contribution in [2.45, 2.75) is 37.6 Å². The van der Waals surface area contributed by atoms with Gasteiger partial charge in [-0.05, 0) is 58.0 Å². The molecule has 0 saturated carbocycles. The molecule has 0 radical (unpaired) electrons. The van der Waals surface area contributed by atoms with E-state index in [1.165, 1.54) is 0 Å². The monoisotopic (exact) mass is 390 g/mol. The lowest BCUT2D eigenvalue weighted by atomic mass is 10.1. The first kappa shape index (κ1) is 19.5. The van der Waals surface area contributed by atoms with Gasteiger partial charge >= 0.3 is 0 Å². The molecule has 0 bridgehead atoms. The fourth-order valence-electron chi connectivity index (χ4n) is 2.92. The maximum absolute atomic E-state index is 12.7. The van der Waals surface area contributed by atoms with E-state index >= 15 is 0 Å². The van der Waals surface area contributed by atoms with Gasteiger partial charge in [-0.15, -0.1) is 0 Å². The number of aromatic nitrogens is 2. The molecule has 1 aromatic carbocycles. The highest BCUT2D eigenvalue weighted by atomic mass is 32.2. The van der Waals surface area contributed by atoms with E-state index in [2.05, 4.69) is 30.6 Å². The van der Waals surface area contributed by atoms with Crippen molar-refractivity contribution in [2.24, 2.45) is 0 Å². The molecule has 1 aliphatic heterocycles. The Morgan fingerprint density at radius 1 is 1.26 bits per heavy atom. The molecule has 8 nitrogen and oxygen atoms in total. The Hall–Kier alpha value is -2.23. The second kappa shape index (κ2) is 8.64. The average molecular weight is 391 g/mol. The van der Waals surface area contributed by atoms with Crippen LogP contribution in [-0.4, -0.2) is 44.1 Å². The van der Waals surface area contributed by atoms with E-state index in [0.717, 1.165) is 38.0 Å². The number of hydrogen-bond acceptors (Lipinski definition) is 7. The summed E-state index contributed by atoms with van der Waals surface area (Å²) in [4.78, 5) is 8.90. The predicted octanol–water partition coefficient (Wildman–Crippen LogP) is 1.99. The lowest BCUT2D eigenvalue weighted by Crippen LogP contribution is -2.42. The maximum Gasteiger partial charge on any atom is 0.240 e. The molecule has 9 heteroatoms. The molecule has 27 heavy (non-hydrogen) atoms. The summed E-state index contributed by atoms with van der Waals surface area (Å²) >= 11 is 0. The van der Waals surface area contributed by atoms with Gasteiger partial charge in [0.1, 0.15) is 5.82 Å². The largest absolute Gasteiger partial charge is 0.354 e. The number of benzene rings is 1. The van der Waals surface area contributed by atoms with Crippen molar-refractivity contribution >= 4 is 27.5 Å². The van der Waals surface area contributed by atoms with E-state index in [-0.39, 0.29) is 10.9 Å². The highest BCUT2D eigenvalue weighted by Gasteiger charge is 2.22. The van der Waals surface area contributed by atoms with Gasteiger partial charge in [-0.2, -0.15) is 4.98 Å². The normalized spacial score (nSPS) is 15.5. The molecule has 2 aromatic rings. The molecular weight excluding hydrogens is 364 g/mol. The van der Waals surface area contributed by atoms with Gasteiger partial charge in [0.05, 0.1) is 4.90 Å². The van der Waals surface area contributed by atoms with Crippen LogP contribution in [0.2, 0.25) is 0 Å². The van der Waals surface area contributed by atoms with E-state index < -0.39 is 10.0 Å². The Morgan fingerprint density at radius 3 is 2.78 bits per heavy atom. The van der Waals surface area contributed by atoms with Gasteiger partial charge < -0.3 is 16.0 Å². The maximum atomic E-state index is 12.7. The van der Waals surface area contributed by atoms with Gasteiger partial charge in [0.25, 0.3) is 0 Å². The van der Waals surface area contributed by atoms with Gasteiger partial charge in [-0.3, -0.25) is 0 Å². The van der Waals surface area contributed by atoms with E-state index in [9.17, 15) is 8.42 Å². The average Bonchev–Trinajstić information content (AvgIpc) is 2.65. The molecule has 146 valence electrons. The first-order valence-corrected chi connectivity index (χ1v) is 10.6. The third kappa shape index (κ3) is 5.15. The van der Waals surface area contributed by atoms with Crippen molar-refractivity contribution in [1.82, 2.24) is 20.0 Å². The molecule has 3 rings (SSSR count). The molecule has 2 heterocycles. The summed E-state index contributed by atoms with van der Waals surface area (Å²) in [5.41, 5.74) is 1.53. The Bertz CT molecular complexity index is 881. The molecule has 0 amide bonds. The number of piperidine rings is 1. The van der Waals surface area contributed by atoms with Gasteiger partial charge in [-0.25, -0.2) is 18.1 Å². The summed E-state index contributed by atoms with van der Waals surface area (Å²) in [6.45, 7) is 6.25. The van der Waals surface area contributed by atoms with Crippen molar-refractivity contribution in [1.29, 1.82) is 0 Å². The van der Waals surface area contributed by atoms with E-state index in [1.54, 1.807) is 24.4 Å². The molecule has 1 aromatic heterocycles. The van der Waals surface area contributed by atoms with E-state index in [0.29, 0.717) is 17.5 Å². The number of hydrogen-bond donors (Lipinski definition) is 4. The minimum absolute atomic E-state index is 0.0281. The number of aryl methyl sites for hydroxylation is 1. The molecule has 1 aliphatic rings. The van der Waals surface area contributed by atoms with E-state index in [4.69, 9.17) is 0 Å². The Balaban J connectivity index is 1.78. The summed E-state index contributed by atoms with van der Waals surface area (Å²) in [6, 6.07) is 6.74. The fraction of sp³-hybridized carbons (Fsp3) is 0.444. The molecule has 0 unspecified atom stereocenters. The zero-order chi connectivity index (χ0) is 19.3. The molecule has 4 N–H and O–H groups in total. The van der Waals surface area contributed by atoms with E-state index in [1.807, 2.05) is 19.9 Å². The third-order valence-electron chi connectivity index (χ3n) is 4.37. The van der Waals surface area contributed by atoms with Crippen molar-refractivity contribution in [3.8, 4) is 0 Å². The highest BCUT2D eigenvalue weighted by Crippen LogP contribution is 2.22. The molecule has 1 saturated heterocycles. The minimum atomic E-state index is -3.56. The summed E-state index contributed by atoms with van der Waals surface area (Å²) in [6.07, 6.45) is 3.32. The molecule has 0 spiro atoms. The minimum Gasteiger partial charge on any atom is -0.354 e. The molecule has 0 atom stereocenters. The topological polar surface area (TPSA) is 108 Å². The summed E-state index contributed by atoms with van der Waals surface area (Å²) < 4.78 is 28.2. The smallest absolute Gasteiger partial charge is 0.240 e. The quantitative estimate of drug-likeness (QED) is 0.572.